The third-order valence-electron chi connectivity index (χ3n) is 1.12. The van der Waals surface area contributed by atoms with Crippen LogP contribution in [0.5, 0.6) is 0 Å². The lowest BCUT2D eigenvalue weighted by Gasteiger charge is -2.03. The molecular weight excluding hydrogens is 319 g/mol. The Bertz CT molecular complexity index is 306. The number of nitrogens with zero attached hydrogens (tertiary/aromatic N) is 1. The fourth-order valence-electron chi connectivity index (χ4n) is 0.610. The molecule has 6 heteroatoms. The molecule has 0 saturated heterocycles. The Balaban J connectivity index is 3.23. The minimum atomic E-state index is -2.65. The molecule has 0 spiro atoms. The maximum Gasteiger partial charge on any atom is 0.281 e. The SMILES string of the molecule is FC(F)c1nc(Br)c(Br)cc1Cl. The van der Waals surface area contributed by atoms with E-state index in [9.17, 15) is 8.78 Å². The summed E-state index contributed by atoms with van der Waals surface area (Å²) in [7, 11) is 0. The average Bonchev–Trinajstić information content (AvgIpc) is 1.96. The number of pyridine rings is 1. The van der Waals surface area contributed by atoms with Gasteiger partial charge in [0.05, 0.1) is 9.50 Å². The minimum Gasteiger partial charge on any atom is -0.237 e. The molecule has 1 nitrogen and oxygen atoms in total. The first-order chi connectivity index (χ1) is 5.52. The van der Waals surface area contributed by atoms with Crippen LogP contribution < -0.4 is 0 Å². The molecule has 0 radical (unpaired) electrons. The van der Waals surface area contributed by atoms with Gasteiger partial charge in [-0.15, -0.1) is 0 Å². The molecule has 0 unspecified atom stereocenters. The molecule has 0 aromatic carbocycles. The van der Waals surface area contributed by atoms with Crippen molar-refractivity contribution in [1.82, 2.24) is 4.98 Å². The van der Waals surface area contributed by atoms with Crippen molar-refractivity contribution in [2.75, 3.05) is 0 Å². The number of hydrogen-bond donors (Lipinski definition) is 0. The number of aromatic nitrogens is 1. The zero-order valence-electron chi connectivity index (χ0n) is 5.49. The van der Waals surface area contributed by atoms with E-state index >= 15 is 0 Å². The van der Waals surface area contributed by atoms with Crippen LogP contribution in [-0.4, -0.2) is 4.98 Å². The van der Waals surface area contributed by atoms with Gasteiger partial charge in [0.1, 0.15) is 10.3 Å². The summed E-state index contributed by atoms with van der Waals surface area (Å²) in [4.78, 5) is 3.56. The minimum absolute atomic E-state index is 0.0416. The van der Waals surface area contributed by atoms with Crippen LogP contribution in [-0.2, 0) is 0 Å². The summed E-state index contributed by atoms with van der Waals surface area (Å²) in [5, 5.41) is -0.0416. The molecule has 0 bridgehead atoms. The van der Waals surface area contributed by atoms with E-state index in [0.29, 0.717) is 9.08 Å². The molecule has 1 aromatic rings. The second kappa shape index (κ2) is 3.98. The van der Waals surface area contributed by atoms with E-state index in [4.69, 9.17) is 11.6 Å². The maximum atomic E-state index is 12.2. The van der Waals surface area contributed by atoms with Crippen molar-refractivity contribution >= 4 is 43.5 Å². The van der Waals surface area contributed by atoms with Gasteiger partial charge in [-0.25, -0.2) is 13.8 Å². The van der Waals surface area contributed by atoms with Crippen LogP contribution in [0.15, 0.2) is 15.1 Å². The monoisotopic (exact) mass is 319 g/mol. The van der Waals surface area contributed by atoms with Gasteiger partial charge < -0.3 is 0 Å². The molecule has 1 rings (SSSR count). The molecule has 66 valence electrons. The summed E-state index contributed by atoms with van der Waals surface area (Å²) in [6.45, 7) is 0. The molecule has 0 atom stereocenters. The van der Waals surface area contributed by atoms with Gasteiger partial charge in [-0.05, 0) is 37.9 Å². The molecule has 0 saturated carbocycles. The number of hydrogen-bond acceptors (Lipinski definition) is 1. The van der Waals surface area contributed by atoms with Crippen LogP contribution in [0, 0.1) is 0 Å². The summed E-state index contributed by atoms with van der Waals surface area (Å²) in [5.41, 5.74) is -0.410. The van der Waals surface area contributed by atoms with E-state index in [1.165, 1.54) is 6.07 Å². The first kappa shape index (κ1) is 10.3. The highest BCUT2D eigenvalue weighted by Gasteiger charge is 2.15. The second-order valence-electron chi connectivity index (χ2n) is 1.93. The van der Waals surface area contributed by atoms with Crippen LogP contribution in [0.2, 0.25) is 5.02 Å². The Morgan fingerprint density at radius 3 is 2.50 bits per heavy atom. The predicted molar refractivity (Wildman–Crippen MR) is 49.6 cm³/mol. The molecule has 0 aliphatic rings. The van der Waals surface area contributed by atoms with E-state index in [2.05, 4.69) is 36.8 Å². The fourth-order valence-corrected chi connectivity index (χ4v) is 1.60. The Morgan fingerprint density at radius 1 is 1.42 bits per heavy atom. The van der Waals surface area contributed by atoms with Crippen molar-refractivity contribution in [3.63, 3.8) is 0 Å². The van der Waals surface area contributed by atoms with Gasteiger partial charge in [0.2, 0.25) is 0 Å². The van der Waals surface area contributed by atoms with Crippen molar-refractivity contribution in [1.29, 1.82) is 0 Å². The Morgan fingerprint density at radius 2 is 2.00 bits per heavy atom. The largest absolute Gasteiger partial charge is 0.281 e. The fraction of sp³-hybridized carbons (Fsp3) is 0.167. The van der Waals surface area contributed by atoms with Gasteiger partial charge in [-0.1, -0.05) is 11.6 Å². The number of halogens is 5. The normalized spacial score (nSPS) is 10.8. The highest BCUT2D eigenvalue weighted by atomic mass is 79.9. The summed E-state index contributed by atoms with van der Waals surface area (Å²) in [6.07, 6.45) is -2.65. The molecule has 0 aliphatic heterocycles. The Labute approximate surface area is 89.4 Å². The van der Waals surface area contributed by atoms with Gasteiger partial charge in [-0.2, -0.15) is 0 Å². The zero-order valence-corrected chi connectivity index (χ0v) is 9.42. The van der Waals surface area contributed by atoms with Crippen molar-refractivity contribution in [3.8, 4) is 0 Å². The third kappa shape index (κ3) is 2.14. The van der Waals surface area contributed by atoms with E-state index in [1.54, 1.807) is 0 Å². The summed E-state index contributed by atoms with van der Waals surface area (Å²) in [5.74, 6) is 0. The Hall–Kier alpha value is 0.260. The average molecular weight is 321 g/mol. The topological polar surface area (TPSA) is 12.9 Å². The molecule has 0 N–H and O–H groups in total. The molecule has 12 heavy (non-hydrogen) atoms. The van der Waals surface area contributed by atoms with Crippen molar-refractivity contribution in [2.24, 2.45) is 0 Å². The van der Waals surface area contributed by atoms with E-state index in [0.717, 1.165) is 0 Å². The van der Waals surface area contributed by atoms with Gasteiger partial charge in [0.15, 0.2) is 0 Å². The standard InChI is InChI=1S/C6H2Br2ClF2N/c7-2-1-3(9)4(6(10)11)12-5(2)8/h1,6H. The smallest absolute Gasteiger partial charge is 0.237 e. The number of rotatable bonds is 1. The van der Waals surface area contributed by atoms with Crippen LogP contribution >= 0.6 is 43.5 Å². The Kier molecular flexibility index (Phi) is 3.43. The predicted octanol–water partition coefficient (Wildman–Crippen LogP) is 4.20. The summed E-state index contributed by atoms with van der Waals surface area (Å²) in [6, 6.07) is 1.38. The zero-order chi connectivity index (χ0) is 9.30. The van der Waals surface area contributed by atoms with Crippen LogP contribution in [0.25, 0.3) is 0 Å². The lowest BCUT2D eigenvalue weighted by molar-refractivity contribution is 0.146. The van der Waals surface area contributed by atoms with Gasteiger partial charge in [0, 0.05) is 0 Å². The van der Waals surface area contributed by atoms with E-state index in [1.807, 2.05) is 0 Å². The second-order valence-corrected chi connectivity index (χ2v) is 3.94. The van der Waals surface area contributed by atoms with E-state index in [-0.39, 0.29) is 5.02 Å². The van der Waals surface area contributed by atoms with Gasteiger partial charge in [0.25, 0.3) is 6.43 Å². The maximum absolute atomic E-state index is 12.2. The molecule has 0 fully saturated rings. The lowest BCUT2D eigenvalue weighted by Crippen LogP contribution is -1.92. The third-order valence-corrected chi connectivity index (χ3v) is 3.16. The van der Waals surface area contributed by atoms with Crippen molar-refractivity contribution < 1.29 is 8.78 Å². The van der Waals surface area contributed by atoms with Crippen molar-refractivity contribution in [3.05, 3.63) is 25.9 Å². The van der Waals surface area contributed by atoms with Gasteiger partial charge >= 0.3 is 0 Å². The van der Waals surface area contributed by atoms with Crippen LogP contribution in [0.3, 0.4) is 0 Å². The lowest BCUT2D eigenvalue weighted by atomic mass is 10.4. The first-order valence-electron chi connectivity index (χ1n) is 2.82. The number of alkyl halides is 2. The van der Waals surface area contributed by atoms with Crippen LogP contribution in [0.4, 0.5) is 8.78 Å². The first-order valence-corrected chi connectivity index (χ1v) is 4.78. The summed E-state index contributed by atoms with van der Waals surface area (Å²) < 4.78 is 25.2. The molecular formula is C6H2Br2ClF2N. The van der Waals surface area contributed by atoms with E-state index < -0.39 is 12.1 Å². The molecule has 0 amide bonds. The molecule has 1 aromatic heterocycles. The molecule has 0 aliphatic carbocycles. The highest BCUT2D eigenvalue weighted by molar-refractivity contribution is 9.13. The molecule has 1 heterocycles. The van der Waals surface area contributed by atoms with Crippen LogP contribution in [0.1, 0.15) is 12.1 Å². The van der Waals surface area contributed by atoms with Crippen molar-refractivity contribution in [2.45, 2.75) is 6.43 Å². The summed E-state index contributed by atoms with van der Waals surface area (Å²) >= 11 is 11.6. The highest BCUT2D eigenvalue weighted by Crippen LogP contribution is 2.31. The van der Waals surface area contributed by atoms with Gasteiger partial charge in [-0.3, -0.25) is 0 Å². The quantitative estimate of drug-likeness (QED) is 0.707.